The number of nitro groups is 1. The van der Waals surface area contributed by atoms with Crippen molar-refractivity contribution in [2.24, 2.45) is 0 Å². The Morgan fingerprint density at radius 2 is 2.28 bits per heavy atom. The van der Waals surface area contributed by atoms with Crippen LogP contribution in [-0.2, 0) is 4.74 Å². The van der Waals surface area contributed by atoms with E-state index in [2.05, 4.69) is 10.6 Å². The van der Waals surface area contributed by atoms with Gasteiger partial charge in [-0.25, -0.2) is 0 Å². The molecule has 1 rings (SSSR count). The van der Waals surface area contributed by atoms with Crippen LogP contribution < -0.4 is 10.6 Å². The molecule has 18 heavy (non-hydrogen) atoms. The molecule has 6 nitrogen and oxygen atoms in total. The van der Waals surface area contributed by atoms with Crippen LogP contribution in [0.1, 0.15) is 5.56 Å². The Balaban J connectivity index is 2.72. The summed E-state index contributed by atoms with van der Waals surface area (Å²) < 4.78 is 4.86. The summed E-state index contributed by atoms with van der Waals surface area (Å²) in [6.45, 7) is 2.85. The number of nitro benzene ring substituents is 1. The molecule has 2 N–H and O–H groups in total. The van der Waals surface area contributed by atoms with Gasteiger partial charge in [0.25, 0.3) is 5.69 Å². The van der Waals surface area contributed by atoms with Gasteiger partial charge in [0, 0.05) is 19.7 Å². The van der Waals surface area contributed by atoms with Crippen molar-refractivity contribution in [1.82, 2.24) is 5.32 Å². The van der Waals surface area contributed by atoms with E-state index in [-0.39, 0.29) is 5.69 Å². The van der Waals surface area contributed by atoms with Gasteiger partial charge in [0.2, 0.25) is 0 Å². The van der Waals surface area contributed by atoms with Crippen molar-refractivity contribution >= 4 is 28.7 Å². The van der Waals surface area contributed by atoms with E-state index < -0.39 is 4.92 Å². The molecule has 1 aromatic carbocycles. The highest BCUT2D eigenvalue weighted by Gasteiger charge is 2.14. The van der Waals surface area contributed by atoms with E-state index in [0.29, 0.717) is 24.0 Å². The van der Waals surface area contributed by atoms with Gasteiger partial charge in [0.15, 0.2) is 5.11 Å². The SMILES string of the molecule is COCCNC(=S)Nc1ccc(C)cc1[N+](=O)[O-]. The van der Waals surface area contributed by atoms with Crippen LogP contribution in [0.5, 0.6) is 0 Å². The molecule has 0 saturated heterocycles. The lowest BCUT2D eigenvalue weighted by atomic mass is 10.2. The van der Waals surface area contributed by atoms with Crippen molar-refractivity contribution in [1.29, 1.82) is 0 Å². The van der Waals surface area contributed by atoms with Crippen LogP contribution in [-0.4, -0.2) is 30.3 Å². The number of hydrogen-bond donors (Lipinski definition) is 2. The zero-order chi connectivity index (χ0) is 13.5. The van der Waals surface area contributed by atoms with Crippen LogP contribution in [0.4, 0.5) is 11.4 Å². The molecule has 0 fully saturated rings. The third-order valence-electron chi connectivity index (χ3n) is 2.19. The molecule has 0 aromatic heterocycles. The number of thiocarbonyl (C=S) groups is 1. The largest absolute Gasteiger partial charge is 0.383 e. The van der Waals surface area contributed by atoms with Gasteiger partial charge in [-0.1, -0.05) is 6.07 Å². The van der Waals surface area contributed by atoms with Crippen molar-refractivity contribution in [3.05, 3.63) is 33.9 Å². The van der Waals surface area contributed by atoms with Gasteiger partial charge in [-0.15, -0.1) is 0 Å². The Morgan fingerprint density at radius 1 is 1.56 bits per heavy atom. The highest BCUT2D eigenvalue weighted by Crippen LogP contribution is 2.25. The number of hydrogen-bond acceptors (Lipinski definition) is 4. The van der Waals surface area contributed by atoms with Gasteiger partial charge in [0.05, 0.1) is 11.5 Å². The molecule has 0 unspecified atom stereocenters. The second kappa shape index (κ2) is 6.87. The highest BCUT2D eigenvalue weighted by molar-refractivity contribution is 7.80. The zero-order valence-corrected chi connectivity index (χ0v) is 11.0. The first-order valence-corrected chi connectivity index (χ1v) is 5.74. The number of rotatable bonds is 5. The van der Waals surface area contributed by atoms with Gasteiger partial charge < -0.3 is 15.4 Å². The van der Waals surface area contributed by atoms with Gasteiger partial charge in [-0.05, 0) is 30.8 Å². The van der Waals surface area contributed by atoms with E-state index in [1.165, 1.54) is 6.07 Å². The molecule has 0 amide bonds. The molecule has 98 valence electrons. The second-order valence-corrected chi connectivity index (χ2v) is 4.06. The predicted octanol–water partition coefficient (Wildman–Crippen LogP) is 1.84. The minimum absolute atomic E-state index is 0.00546. The quantitative estimate of drug-likeness (QED) is 0.367. The zero-order valence-electron chi connectivity index (χ0n) is 10.2. The third-order valence-corrected chi connectivity index (χ3v) is 2.44. The molecule has 0 aliphatic carbocycles. The lowest BCUT2D eigenvalue weighted by Gasteiger charge is -2.10. The second-order valence-electron chi connectivity index (χ2n) is 3.65. The van der Waals surface area contributed by atoms with E-state index in [9.17, 15) is 10.1 Å². The number of aryl methyl sites for hydroxylation is 1. The lowest BCUT2D eigenvalue weighted by Crippen LogP contribution is -2.31. The molecule has 0 saturated carbocycles. The van der Waals surface area contributed by atoms with Crippen molar-refractivity contribution in [2.45, 2.75) is 6.92 Å². The molecule has 0 spiro atoms. The molecule has 1 aromatic rings. The minimum atomic E-state index is -0.437. The molecular weight excluding hydrogens is 254 g/mol. The highest BCUT2D eigenvalue weighted by atomic mass is 32.1. The molecule has 0 aliphatic heterocycles. The van der Waals surface area contributed by atoms with Crippen LogP contribution in [0.2, 0.25) is 0 Å². The summed E-state index contributed by atoms with van der Waals surface area (Å²) in [6, 6.07) is 4.92. The molecule has 7 heteroatoms. The molecule has 0 heterocycles. The average Bonchev–Trinajstić information content (AvgIpc) is 2.31. The fourth-order valence-electron chi connectivity index (χ4n) is 1.33. The van der Waals surface area contributed by atoms with E-state index in [4.69, 9.17) is 17.0 Å². The molecule has 0 atom stereocenters. The molecule has 0 bridgehead atoms. The lowest BCUT2D eigenvalue weighted by molar-refractivity contribution is -0.383. The maximum absolute atomic E-state index is 10.9. The summed E-state index contributed by atoms with van der Waals surface area (Å²) in [4.78, 5) is 10.5. The first-order valence-electron chi connectivity index (χ1n) is 5.33. The molecule has 0 aliphatic rings. The number of anilines is 1. The number of nitrogens with one attached hydrogen (secondary N) is 2. The minimum Gasteiger partial charge on any atom is -0.383 e. The van der Waals surface area contributed by atoms with Crippen molar-refractivity contribution in [3.8, 4) is 0 Å². The topological polar surface area (TPSA) is 76.4 Å². The standard InChI is InChI=1S/C11H15N3O3S/c1-8-3-4-9(10(7-8)14(15)16)13-11(18)12-5-6-17-2/h3-4,7H,5-6H2,1-2H3,(H2,12,13,18). The van der Waals surface area contributed by atoms with E-state index >= 15 is 0 Å². The number of ether oxygens (including phenoxy) is 1. The van der Waals surface area contributed by atoms with Gasteiger partial charge >= 0.3 is 0 Å². The summed E-state index contributed by atoms with van der Waals surface area (Å²) in [7, 11) is 1.59. The molecule has 0 radical (unpaired) electrons. The smallest absolute Gasteiger partial charge is 0.292 e. The Morgan fingerprint density at radius 3 is 2.89 bits per heavy atom. The van der Waals surface area contributed by atoms with E-state index in [1.54, 1.807) is 26.2 Å². The van der Waals surface area contributed by atoms with Crippen molar-refractivity contribution in [2.75, 3.05) is 25.6 Å². The maximum atomic E-state index is 10.9. The van der Waals surface area contributed by atoms with Crippen LogP contribution in [0.3, 0.4) is 0 Å². The summed E-state index contributed by atoms with van der Waals surface area (Å²) >= 11 is 5.03. The third kappa shape index (κ3) is 4.27. The Bertz CT molecular complexity index is 451. The fraction of sp³-hybridized carbons (Fsp3) is 0.364. The van der Waals surface area contributed by atoms with Crippen molar-refractivity contribution in [3.63, 3.8) is 0 Å². The first-order chi connectivity index (χ1) is 8.54. The van der Waals surface area contributed by atoms with Crippen LogP contribution in [0, 0.1) is 17.0 Å². The summed E-state index contributed by atoms with van der Waals surface area (Å²) in [6.07, 6.45) is 0. The van der Waals surface area contributed by atoms with Crippen LogP contribution >= 0.6 is 12.2 Å². The Labute approximate surface area is 110 Å². The predicted molar refractivity (Wildman–Crippen MR) is 73.9 cm³/mol. The average molecular weight is 269 g/mol. The summed E-state index contributed by atoms with van der Waals surface area (Å²) in [5, 5.41) is 16.9. The van der Waals surface area contributed by atoms with E-state index in [0.717, 1.165) is 5.56 Å². The van der Waals surface area contributed by atoms with Gasteiger partial charge in [-0.3, -0.25) is 10.1 Å². The van der Waals surface area contributed by atoms with Crippen molar-refractivity contribution < 1.29 is 9.66 Å². The van der Waals surface area contributed by atoms with Crippen LogP contribution in [0.25, 0.3) is 0 Å². The Kier molecular flexibility index (Phi) is 5.47. The number of nitrogens with zero attached hydrogens (tertiary/aromatic N) is 1. The van der Waals surface area contributed by atoms with E-state index in [1.807, 2.05) is 0 Å². The Hall–Kier alpha value is -1.73. The fourth-order valence-corrected chi connectivity index (χ4v) is 1.54. The molecular formula is C11H15N3O3S. The maximum Gasteiger partial charge on any atom is 0.292 e. The summed E-state index contributed by atoms with van der Waals surface area (Å²) in [5.74, 6) is 0. The first kappa shape index (κ1) is 14.3. The number of benzene rings is 1. The normalized spacial score (nSPS) is 9.89. The van der Waals surface area contributed by atoms with Gasteiger partial charge in [0.1, 0.15) is 5.69 Å². The van der Waals surface area contributed by atoms with Crippen LogP contribution in [0.15, 0.2) is 18.2 Å². The summed E-state index contributed by atoms with van der Waals surface area (Å²) in [5.41, 5.74) is 1.21. The number of methoxy groups -OCH3 is 1. The van der Waals surface area contributed by atoms with Gasteiger partial charge in [-0.2, -0.15) is 0 Å². The monoisotopic (exact) mass is 269 g/mol.